The molecule has 6 rings (SSSR count). The molecule has 0 aliphatic carbocycles. The summed E-state index contributed by atoms with van der Waals surface area (Å²) in [5.74, 6) is -0.132. The van der Waals surface area contributed by atoms with Crippen molar-refractivity contribution in [2.24, 2.45) is 0 Å². The molecule has 1 unspecified atom stereocenters. The molecule has 2 atom stereocenters. The van der Waals surface area contributed by atoms with Crippen molar-refractivity contribution in [1.29, 1.82) is 0 Å². The summed E-state index contributed by atoms with van der Waals surface area (Å²) >= 11 is 1.65. The van der Waals surface area contributed by atoms with E-state index in [2.05, 4.69) is 0 Å². The standard InChI is InChI=1S/C27H26FN3O5S/c1-2-34-16-36-26-20(32)10-11-30-25(26)27(33)29-12-13-35-14-22(29)31(30)24-18-7-3-4-9-21(18)37-15-17-6-5-8-19(28)23(17)24/h3-11,22,24H,2,12-16H2,1H3/t22?,24-/m1/s1. The number of fused-ring (bicyclic) bond motifs is 4. The molecular weight excluding hydrogens is 497 g/mol. The quantitative estimate of drug-likeness (QED) is 0.374. The number of hydrogen-bond acceptors (Lipinski definition) is 7. The van der Waals surface area contributed by atoms with Crippen LogP contribution in [0.3, 0.4) is 0 Å². The Morgan fingerprint density at radius 2 is 2.00 bits per heavy atom. The van der Waals surface area contributed by atoms with Gasteiger partial charge in [0.2, 0.25) is 11.2 Å². The Bertz CT molecular complexity index is 1410. The average molecular weight is 524 g/mol. The molecule has 3 aliphatic heterocycles. The topological polar surface area (TPSA) is 73.2 Å². The van der Waals surface area contributed by atoms with Gasteiger partial charge < -0.3 is 19.1 Å². The monoisotopic (exact) mass is 523 g/mol. The number of thioether (sulfide) groups is 1. The molecule has 1 saturated heterocycles. The summed E-state index contributed by atoms with van der Waals surface area (Å²) in [4.78, 5) is 29.4. The number of nitrogens with zero attached hydrogens (tertiary/aromatic N) is 3. The highest BCUT2D eigenvalue weighted by molar-refractivity contribution is 7.98. The van der Waals surface area contributed by atoms with Crippen LogP contribution in [0.5, 0.6) is 5.75 Å². The van der Waals surface area contributed by atoms with Gasteiger partial charge in [-0.1, -0.05) is 30.3 Å². The van der Waals surface area contributed by atoms with Crippen LogP contribution in [-0.4, -0.2) is 54.8 Å². The molecule has 4 heterocycles. The number of pyridine rings is 1. The molecule has 37 heavy (non-hydrogen) atoms. The smallest absolute Gasteiger partial charge is 0.278 e. The third-order valence-corrected chi connectivity index (χ3v) is 8.06. The molecule has 0 radical (unpaired) electrons. The van der Waals surface area contributed by atoms with Crippen LogP contribution in [0.15, 0.2) is 64.4 Å². The first kappa shape index (κ1) is 24.0. The van der Waals surface area contributed by atoms with Gasteiger partial charge in [-0.15, -0.1) is 11.8 Å². The van der Waals surface area contributed by atoms with Gasteiger partial charge in [-0.05, 0) is 30.2 Å². The Labute approximate surface area is 217 Å². The number of amides is 1. The van der Waals surface area contributed by atoms with Crippen molar-refractivity contribution in [2.45, 2.75) is 29.8 Å². The minimum absolute atomic E-state index is 0.0825. The molecule has 0 saturated carbocycles. The lowest BCUT2D eigenvalue weighted by molar-refractivity contribution is -0.0212. The summed E-state index contributed by atoms with van der Waals surface area (Å²) in [5.41, 5.74) is 2.01. The minimum atomic E-state index is -0.592. The van der Waals surface area contributed by atoms with E-state index in [1.165, 1.54) is 12.1 Å². The van der Waals surface area contributed by atoms with Gasteiger partial charge in [0.15, 0.2) is 12.5 Å². The van der Waals surface area contributed by atoms with Gasteiger partial charge >= 0.3 is 0 Å². The van der Waals surface area contributed by atoms with Crippen molar-refractivity contribution in [1.82, 2.24) is 9.58 Å². The summed E-state index contributed by atoms with van der Waals surface area (Å²) in [6, 6.07) is 13.8. The fourth-order valence-corrected chi connectivity index (χ4v) is 6.36. The van der Waals surface area contributed by atoms with Crippen molar-refractivity contribution in [3.05, 3.63) is 93.2 Å². The molecule has 0 spiro atoms. The molecule has 1 amide bonds. The van der Waals surface area contributed by atoms with E-state index >= 15 is 4.39 Å². The normalized spacial score (nSPS) is 20.4. The van der Waals surface area contributed by atoms with Crippen molar-refractivity contribution in [2.75, 3.05) is 38.2 Å². The fourth-order valence-electron chi connectivity index (χ4n) is 5.28. The minimum Gasteiger partial charge on any atom is -0.461 e. The van der Waals surface area contributed by atoms with Crippen LogP contribution in [0.2, 0.25) is 0 Å². The van der Waals surface area contributed by atoms with Crippen molar-refractivity contribution < 1.29 is 23.4 Å². The molecule has 10 heteroatoms. The fraction of sp³-hybridized carbons (Fsp3) is 0.333. The lowest BCUT2D eigenvalue weighted by Gasteiger charge is -2.51. The third kappa shape index (κ3) is 4.00. The average Bonchev–Trinajstić information content (AvgIpc) is 3.08. The van der Waals surface area contributed by atoms with E-state index in [1.807, 2.05) is 42.3 Å². The second-order valence-electron chi connectivity index (χ2n) is 8.93. The number of morpholine rings is 1. The van der Waals surface area contributed by atoms with Crippen molar-refractivity contribution in [3.8, 4) is 5.75 Å². The first-order valence-corrected chi connectivity index (χ1v) is 13.2. The van der Waals surface area contributed by atoms with E-state index < -0.39 is 17.6 Å². The zero-order valence-electron chi connectivity index (χ0n) is 20.3. The van der Waals surface area contributed by atoms with E-state index in [0.717, 1.165) is 16.0 Å². The number of ether oxygens (including phenoxy) is 3. The van der Waals surface area contributed by atoms with Gasteiger partial charge in [-0.25, -0.2) is 4.39 Å². The molecule has 3 aliphatic rings. The maximum Gasteiger partial charge on any atom is 0.278 e. The number of carbonyl (C=O) groups is 1. The van der Waals surface area contributed by atoms with E-state index in [0.29, 0.717) is 31.1 Å². The summed E-state index contributed by atoms with van der Waals surface area (Å²) < 4.78 is 34.2. The Kier molecular flexibility index (Phi) is 6.39. The Morgan fingerprint density at radius 1 is 1.14 bits per heavy atom. The second-order valence-corrected chi connectivity index (χ2v) is 9.95. The lowest BCUT2D eigenvalue weighted by Crippen LogP contribution is -2.66. The maximum atomic E-state index is 15.7. The SMILES string of the molecule is CCOCOc1c2n(ccc1=O)N([C@@H]1c3ccccc3SCc3cccc(F)c31)C1COCCN1C2=O. The van der Waals surface area contributed by atoms with Gasteiger partial charge in [-0.2, -0.15) is 0 Å². The molecule has 2 aromatic carbocycles. The van der Waals surface area contributed by atoms with Crippen LogP contribution < -0.4 is 15.2 Å². The van der Waals surface area contributed by atoms with Gasteiger partial charge in [0, 0.05) is 41.6 Å². The van der Waals surface area contributed by atoms with E-state index in [4.69, 9.17) is 14.2 Å². The largest absolute Gasteiger partial charge is 0.461 e. The maximum absolute atomic E-state index is 15.7. The molecule has 1 fully saturated rings. The number of rotatable bonds is 5. The Hall–Kier alpha value is -3.34. The van der Waals surface area contributed by atoms with Gasteiger partial charge in [0.05, 0.1) is 13.2 Å². The van der Waals surface area contributed by atoms with Gasteiger partial charge in [0.25, 0.3) is 5.91 Å². The first-order chi connectivity index (χ1) is 18.1. The van der Waals surface area contributed by atoms with Crippen molar-refractivity contribution >= 4 is 17.7 Å². The number of hydrogen-bond donors (Lipinski definition) is 0. The Balaban J connectivity index is 1.62. The van der Waals surface area contributed by atoms with Crippen LogP contribution in [-0.2, 0) is 15.2 Å². The van der Waals surface area contributed by atoms with Crippen LogP contribution in [0.25, 0.3) is 0 Å². The number of benzene rings is 2. The highest BCUT2D eigenvalue weighted by atomic mass is 32.2. The van der Waals surface area contributed by atoms with E-state index in [9.17, 15) is 9.59 Å². The van der Waals surface area contributed by atoms with E-state index in [-0.39, 0.29) is 36.6 Å². The van der Waals surface area contributed by atoms with E-state index in [1.54, 1.807) is 33.6 Å². The van der Waals surface area contributed by atoms with Gasteiger partial charge in [-0.3, -0.25) is 19.3 Å². The summed E-state index contributed by atoms with van der Waals surface area (Å²) in [6.45, 7) is 2.99. The van der Waals surface area contributed by atoms with Gasteiger partial charge in [0.1, 0.15) is 18.0 Å². The summed E-state index contributed by atoms with van der Waals surface area (Å²) in [6.07, 6.45) is 1.04. The van der Waals surface area contributed by atoms with Crippen LogP contribution in [0.1, 0.15) is 40.1 Å². The molecule has 0 N–H and O–H groups in total. The predicted molar refractivity (Wildman–Crippen MR) is 136 cm³/mol. The zero-order valence-corrected chi connectivity index (χ0v) is 21.1. The van der Waals surface area contributed by atoms with Crippen LogP contribution >= 0.6 is 11.8 Å². The number of halogens is 1. The van der Waals surface area contributed by atoms with Crippen LogP contribution in [0, 0.1) is 5.82 Å². The predicted octanol–water partition coefficient (Wildman–Crippen LogP) is 3.51. The molecule has 192 valence electrons. The second kappa shape index (κ2) is 9.85. The van der Waals surface area contributed by atoms with Crippen molar-refractivity contribution in [3.63, 3.8) is 0 Å². The summed E-state index contributed by atoms with van der Waals surface area (Å²) in [7, 11) is 0. The molecule has 3 aromatic rings. The molecular formula is C27H26FN3O5S. The third-order valence-electron chi connectivity index (χ3n) is 6.92. The first-order valence-electron chi connectivity index (χ1n) is 12.2. The number of aromatic nitrogens is 1. The molecule has 1 aromatic heterocycles. The lowest BCUT2D eigenvalue weighted by atomic mass is 9.93. The van der Waals surface area contributed by atoms with Crippen LogP contribution in [0.4, 0.5) is 4.39 Å². The summed E-state index contributed by atoms with van der Waals surface area (Å²) in [5, 5.41) is 1.95. The molecule has 0 bridgehead atoms. The highest BCUT2D eigenvalue weighted by Gasteiger charge is 2.46. The zero-order chi connectivity index (χ0) is 25.5. The molecule has 8 nitrogen and oxygen atoms in total. The highest BCUT2D eigenvalue weighted by Crippen LogP contribution is 2.45. The number of carbonyl (C=O) groups excluding carboxylic acids is 1. The Morgan fingerprint density at radius 3 is 2.86 bits per heavy atom.